The quantitative estimate of drug-likeness (QED) is 0.567. The van der Waals surface area contributed by atoms with Gasteiger partial charge in [-0.25, -0.2) is 0 Å². The topological polar surface area (TPSA) is 102 Å². The molecule has 0 saturated carbocycles. The van der Waals surface area contributed by atoms with Gasteiger partial charge in [-0.3, -0.25) is 19.7 Å². The summed E-state index contributed by atoms with van der Waals surface area (Å²) in [4.78, 5) is 36.3. The van der Waals surface area contributed by atoms with Crippen molar-refractivity contribution in [3.63, 3.8) is 0 Å². The normalized spacial score (nSPS) is 10.1. The molecule has 8 nitrogen and oxygen atoms in total. The summed E-state index contributed by atoms with van der Waals surface area (Å²) < 4.78 is 5.24. The number of amides is 2. The standard InChI is InChI=1S/C19H21N3O5/c1-3-21(4-2)19(24)14-9-11-15(12-10-14)20-18(23)13-27-17-8-6-5-7-16(17)22(25)26/h5-12H,3-4,13H2,1-2H3,(H,20,23). The maximum absolute atomic E-state index is 12.3. The number of para-hydroxylation sites is 2. The highest BCUT2D eigenvalue weighted by molar-refractivity contribution is 5.96. The van der Waals surface area contributed by atoms with Crippen LogP contribution in [0.3, 0.4) is 0 Å². The molecule has 2 aromatic carbocycles. The molecule has 0 radical (unpaired) electrons. The molecule has 0 aliphatic carbocycles. The Morgan fingerprint density at radius 3 is 2.30 bits per heavy atom. The number of hydrogen-bond donors (Lipinski definition) is 1. The summed E-state index contributed by atoms with van der Waals surface area (Å²) in [5.74, 6) is -0.508. The third kappa shape index (κ3) is 5.27. The summed E-state index contributed by atoms with van der Waals surface area (Å²) in [5.41, 5.74) is 0.833. The van der Waals surface area contributed by atoms with Crippen molar-refractivity contribution in [1.82, 2.24) is 4.90 Å². The molecule has 0 atom stereocenters. The summed E-state index contributed by atoms with van der Waals surface area (Å²) in [5, 5.41) is 13.6. The van der Waals surface area contributed by atoms with Crippen LogP contribution in [-0.4, -0.2) is 41.3 Å². The molecule has 0 bridgehead atoms. The summed E-state index contributed by atoms with van der Waals surface area (Å²) in [6.07, 6.45) is 0. The zero-order chi connectivity index (χ0) is 19.8. The number of nitrogens with one attached hydrogen (secondary N) is 1. The predicted octanol–water partition coefficient (Wildman–Crippen LogP) is 3.09. The predicted molar refractivity (Wildman–Crippen MR) is 101 cm³/mol. The van der Waals surface area contributed by atoms with E-state index in [0.717, 1.165) is 0 Å². The van der Waals surface area contributed by atoms with Gasteiger partial charge in [-0.1, -0.05) is 12.1 Å². The molecule has 0 saturated heterocycles. The molecule has 1 N–H and O–H groups in total. The van der Waals surface area contributed by atoms with Gasteiger partial charge in [0.05, 0.1) is 4.92 Å². The number of ether oxygens (including phenoxy) is 1. The molecular formula is C19H21N3O5. The smallest absolute Gasteiger partial charge is 0.310 e. The second-order valence-electron chi connectivity index (χ2n) is 5.62. The van der Waals surface area contributed by atoms with E-state index in [0.29, 0.717) is 24.3 Å². The minimum atomic E-state index is -0.571. The Labute approximate surface area is 156 Å². The first kappa shape index (κ1) is 19.9. The van der Waals surface area contributed by atoms with Gasteiger partial charge in [0.2, 0.25) is 0 Å². The lowest BCUT2D eigenvalue weighted by Gasteiger charge is -2.18. The van der Waals surface area contributed by atoms with Crippen molar-refractivity contribution in [3.05, 3.63) is 64.2 Å². The fourth-order valence-corrected chi connectivity index (χ4v) is 2.46. The van der Waals surface area contributed by atoms with Crippen LogP contribution in [0.5, 0.6) is 5.75 Å². The van der Waals surface area contributed by atoms with Gasteiger partial charge in [-0.15, -0.1) is 0 Å². The monoisotopic (exact) mass is 371 g/mol. The molecule has 0 unspecified atom stereocenters. The van der Waals surface area contributed by atoms with Gasteiger partial charge >= 0.3 is 5.69 Å². The average Bonchev–Trinajstić information content (AvgIpc) is 2.68. The molecule has 0 aliphatic heterocycles. The summed E-state index contributed by atoms with van der Waals surface area (Å²) in [6.45, 7) is 4.69. The first-order chi connectivity index (χ1) is 13.0. The van der Waals surface area contributed by atoms with Crippen LogP contribution in [0.1, 0.15) is 24.2 Å². The van der Waals surface area contributed by atoms with E-state index in [9.17, 15) is 19.7 Å². The lowest BCUT2D eigenvalue weighted by atomic mass is 10.2. The van der Waals surface area contributed by atoms with Gasteiger partial charge in [0.25, 0.3) is 11.8 Å². The summed E-state index contributed by atoms with van der Waals surface area (Å²) in [6, 6.07) is 12.4. The van der Waals surface area contributed by atoms with Crippen LogP contribution in [0.25, 0.3) is 0 Å². The SMILES string of the molecule is CCN(CC)C(=O)c1ccc(NC(=O)COc2ccccc2[N+](=O)[O-])cc1. The minimum Gasteiger partial charge on any atom is -0.477 e. The van der Waals surface area contributed by atoms with Crippen LogP contribution in [0.15, 0.2) is 48.5 Å². The molecule has 0 aromatic heterocycles. The van der Waals surface area contributed by atoms with Gasteiger partial charge in [-0.05, 0) is 44.2 Å². The summed E-state index contributed by atoms with van der Waals surface area (Å²) in [7, 11) is 0. The maximum atomic E-state index is 12.3. The maximum Gasteiger partial charge on any atom is 0.310 e. The highest BCUT2D eigenvalue weighted by Gasteiger charge is 2.15. The largest absolute Gasteiger partial charge is 0.477 e. The molecule has 0 heterocycles. The highest BCUT2D eigenvalue weighted by atomic mass is 16.6. The van der Waals surface area contributed by atoms with Crippen molar-refractivity contribution in [3.8, 4) is 5.75 Å². The summed E-state index contributed by atoms with van der Waals surface area (Å²) >= 11 is 0. The Kier molecular flexibility index (Phi) is 6.87. The number of rotatable bonds is 8. The average molecular weight is 371 g/mol. The molecule has 0 fully saturated rings. The van der Waals surface area contributed by atoms with E-state index in [1.54, 1.807) is 35.2 Å². The molecule has 0 spiro atoms. The van der Waals surface area contributed by atoms with Gasteiger partial charge in [0, 0.05) is 30.4 Å². The second kappa shape index (κ2) is 9.33. The Hall–Kier alpha value is -3.42. The molecule has 27 heavy (non-hydrogen) atoms. The van der Waals surface area contributed by atoms with Crippen LogP contribution < -0.4 is 10.1 Å². The van der Waals surface area contributed by atoms with Gasteiger partial charge in [0.1, 0.15) is 0 Å². The first-order valence-electron chi connectivity index (χ1n) is 8.51. The van der Waals surface area contributed by atoms with E-state index < -0.39 is 10.8 Å². The number of nitro benzene ring substituents is 1. The molecule has 2 aromatic rings. The van der Waals surface area contributed by atoms with E-state index in [1.165, 1.54) is 18.2 Å². The number of nitro groups is 1. The zero-order valence-corrected chi connectivity index (χ0v) is 15.2. The highest BCUT2D eigenvalue weighted by Crippen LogP contribution is 2.25. The van der Waals surface area contributed by atoms with Crippen LogP contribution in [-0.2, 0) is 4.79 Å². The molecular weight excluding hydrogens is 350 g/mol. The third-order valence-electron chi connectivity index (χ3n) is 3.89. The third-order valence-corrected chi connectivity index (χ3v) is 3.89. The molecule has 8 heteroatoms. The van der Waals surface area contributed by atoms with E-state index >= 15 is 0 Å². The van der Waals surface area contributed by atoms with Crippen molar-refractivity contribution in [2.45, 2.75) is 13.8 Å². The van der Waals surface area contributed by atoms with Gasteiger partial charge < -0.3 is 15.0 Å². The Balaban J connectivity index is 1.95. The van der Waals surface area contributed by atoms with E-state index in [1.807, 2.05) is 13.8 Å². The molecule has 2 amide bonds. The van der Waals surface area contributed by atoms with Crippen molar-refractivity contribution >= 4 is 23.2 Å². The van der Waals surface area contributed by atoms with Crippen LogP contribution in [0, 0.1) is 10.1 Å². The number of anilines is 1. The van der Waals surface area contributed by atoms with Crippen LogP contribution in [0.2, 0.25) is 0 Å². The number of carbonyl (C=O) groups excluding carboxylic acids is 2. The lowest BCUT2D eigenvalue weighted by Crippen LogP contribution is -2.30. The number of benzene rings is 2. The van der Waals surface area contributed by atoms with Crippen LogP contribution >= 0.6 is 0 Å². The fraction of sp³-hybridized carbons (Fsp3) is 0.263. The van der Waals surface area contributed by atoms with Gasteiger partial charge in [-0.2, -0.15) is 0 Å². The minimum absolute atomic E-state index is 0.0258. The van der Waals surface area contributed by atoms with Crippen molar-refractivity contribution in [1.29, 1.82) is 0 Å². The Morgan fingerprint density at radius 2 is 1.70 bits per heavy atom. The van der Waals surface area contributed by atoms with Gasteiger partial charge in [0.15, 0.2) is 12.4 Å². The lowest BCUT2D eigenvalue weighted by molar-refractivity contribution is -0.385. The number of hydrogen-bond acceptors (Lipinski definition) is 5. The number of carbonyl (C=O) groups is 2. The van der Waals surface area contributed by atoms with Crippen molar-refractivity contribution < 1.29 is 19.2 Å². The number of nitrogens with zero attached hydrogens (tertiary/aromatic N) is 2. The van der Waals surface area contributed by atoms with Crippen LogP contribution in [0.4, 0.5) is 11.4 Å². The van der Waals surface area contributed by atoms with Crippen molar-refractivity contribution in [2.75, 3.05) is 25.0 Å². The second-order valence-corrected chi connectivity index (χ2v) is 5.62. The zero-order valence-electron chi connectivity index (χ0n) is 15.2. The van der Waals surface area contributed by atoms with E-state index in [-0.39, 0.29) is 24.0 Å². The fourth-order valence-electron chi connectivity index (χ4n) is 2.46. The Morgan fingerprint density at radius 1 is 1.07 bits per heavy atom. The first-order valence-corrected chi connectivity index (χ1v) is 8.51. The molecule has 0 aliphatic rings. The van der Waals surface area contributed by atoms with E-state index in [2.05, 4.69) is 5.32 Å². The Bertz CT molecular complexity index is 816. The molecule has 142 valence electrons. The van der Waals surface area contributed by atoms with E-state index in [4.69, 9.17) is 4.74 Å². The molecule has 2 rings (SSSR count). The van der Waals surface area contributed by atoms with Crippen molar-refractivity contribution in [2.24, 2.45) is 0 Å².